The van der Waals surface area contributed by atoms with Gasteiger partial charge in [-0.15, -0.1) is 0 Å². The van der Waals surface area contributed by atoms with E-state index in [-0.39, 0.29) is 22.9 Å². The highest BCUT2D eigenvalue weighted by atomic mass is 28.4. The molecule has 4 aromatic rings. The first-order valence-corrected chi connectivity index (χ1v) is 15.6. The average molecular weight is 570 g/mol. The van der Waals surface area contributed by atoms with Crippen LogP contribution in [-0.4, -0.2) is 35.1 Å². The van der Waals surface area contributed by atoms with E-state index < -0.39 is 14.3 Å². The molecule has 4 aromatic carbocycles. The monoisotopic (exact) mass is 569 g/mol. The summed E-state index contributed by atoms with van der Waals surface area (Å²) in [5, 5.41) is 2.20. The number of hydrogen-bond acceptors (Lipinski definition) is 6. The fourth-order valence-corrected chi connectivity index (χ4v) is 9.95. The van der Waals surface area contributed by atoms with Crippen LogP contribution in [0.5, 0.6) is 11.5 Å². The van der Waals surface area contributed by atoms with E-state index in [1.54, 1.807) is 13.2 Å². The van der Waals surface area contributed by atoms with Gasteiger partial charge in [-0.1, -0.05) is 112 Å². The molecule has 4 rings (SSSR count). The lowest BCUT2D eigenvalue weighted by Gasteiger charge is -2.43. The van der Waals surface area contributed by atoms with Crippen LogP contribution >= 0.6 is 0 Å². The lowest BCUT2D eigenvalue weighted by atomic mass is 10.0. The van der Waals surface area contributed by atoms with Crippen LogP contribution < -0.4 is 25.6 Å². The van der Waals surface area contributed by atoms with E-state index in [0.29, 0.717) is 30.1 Å². The molecule has 0 aliphatic rings. The molecule has 7 heteroatoms. The molecule has 0 saturated carbocycles. The van der Waals surface area contributed by atoms with Gasteiger partial charge in [0.2, 0.25) is 0 Å². The normalized spacial score (nSPS) is 11.6. The molecule has 0 aliphatic carbocycles. The smallest absolute Gasteiger partial charge is 0.341 e. The van der Waals surface area contributed by atoms with E-state index in [0.717, 1.165) is 5.56 Å². The van der Waals surface area contributed by atoms with Gasteiger partial charge in [0.15, 0.2) is 11.5 Å². The Balaban J connectivity index is 1.71. The molecular formula is C34H39NO5Si. The SMILES string of the molecule is COc1cc(CCO[Si](c2ccccc2)(c2ccccc2)C(C)(C)C)c(C(=O)OCc2ccccc2)c(N)c1OC. The summed E-state index contributed by atoms with van der Waals surface area (Å²) in [6.07, 6.45) is 0.421. The minimum absolute atomic E-state index is 0.130. The van der Waals surface area contributed by atoms with Crippen molar-refractivity contribution in [2.45, 2.75) is 38.8 Å². The van der Waals surface area contributed by atoms with Gasteiger partial charge in [-0.3, -0.25) is 0 Å². The Bertz CT molecular complexity index is 1400. The highest BCUT2D eigenvalue weighted by Crippen LogP contribution is 2.40. The third-order valence-electron chi connectivity index (χ3n) is 7.31. The van der Waals surface area contributed by atoms with Gasteiger partial charge < -0.3 is 24.4 Å². The number of anilines is 1. The molecule has 0 saturated heterocycles. The maximum atomic E-state index is 13.5. The highest BCUT2D eigenvalue weighted by molar-refractivity contribution is 6.99. The number of esters is 1. The minimum Gasteiger partial charge on any atom is -0.493 e. The molecule has 0 amide bonds. The molecule has 0 heterocycles. The summed E-state index contributed by atoms with van der Waals surface area (Å²) in [6, 6.07) is 32.3. The molecule has 41 heavy (non-hydrogen) atoms. The van der Waals surface area contributed by atoms with Gasteiger partial charge in [-0.05, 0) is 39.0 Å². The summed E-state index contributed by atoms with van der Waals surface area (Å²) in [7, 11) is 0.284. The summed E-state index contributed by atoms with van der Waals surface area (Å²) < 4.78 is 23.9. The number of carbonyl (C=O) groups excluding carboxylic acids is 1. The number of benzene rings is 4. The molecule has 0 spiro atoms. The number of nitrogen functional groups attached to an aromatic ring is 1. The quantitative estimate of drug-likeness (QED) is 0.141. The Labute approximate surface area is 244 Å². The summed E-state index contributed by atoms with van der Waals surface area (Å²) in [5.74, 6) is 0.230. The minimum atomic E-state index is -2.76. The van der Waals surface area contributed by atoms with E-state index >= 15 is 0 Å². The second-order valence-corrected chi connectivity index (χ2v) is 15.2. The first kappa shape index (κ1) is 29.9. The van der Waals surface area contributed by atoms with Crippen molar-refractivity contribution in [3.05, 3.63) is 114 Å². The Hall–Kier alpha value is -4.07. The zero-order valence-electron chi connectivity index (χ0n) is 24.5. The Morgan fingerprint density at radius 3 is 1.83 bits per heavy atom. The fourth-order valence-electron chi connectivity index (χ4n) is 5.39. The predicted octanol–water partition coefficient (Wildman–Crippen LogP) is 5.76. The number of carbonyl (C=O) groups is 1. The first-order chi connectivity index (χ1) is 19.7. The third-order valence-corrected chi connectivity index (χ3v) is 12.4. The summed E-state index contributed by atoms with van der Waals surface area (Å²) in [4.78, 5) is 13.5. The number of nitrogens with two attached hydrogens (primary N) is 1. The average Bonchev–Trinajstić information content (AvgIpc) is 2.98. The van der Waals surface area contributed by atoms with Crippen molar-refractivity contribution in [2.24, 2.45) is 0 Å². The van der Waals surface area contributed by atoms with Crippen molar-refractivity contribution in [3.63, 3.8) is 0 Å². The van der Waals surface area contributed by atoms with Crippen molar-refractivity contribution in [1.29, 1.82) is 0 Å². The van der Waals surface area contributed by atoms with Crippen LogP contribution in [0.2, 0.25) is 5.04 Å². The van der Waals surface area contributed by atoms with Crippen LogP contribution in [0, 0.1) is 0 Å². The van der Waals surface area contributed by atoms with Gasteiger partial charge in [0.25, 0.3) is 8.32 Å². The van der Waals surface area contributed by atoms with Gasteiger partial charge in [0.05, 0.1) is 25.5 Å². The van der Waals surface area contributed by atoms with Crippen LogP contribution in [-0.2, 0) is 22.2 Å². The maximum absolute atomic E-state index is 13.5. The highest BCUT2D eigenvalue weighted by Gasteiger charge is 2.50. The van der Waals surface area contributed by atoms with E-state index in [1.165, 1.54) is 17.5 Å². The van der Waals surface area contributed by atoms with Crippen LogP contribution in [0.25, 0.3) is 0 Å². The van der Waals surface area contributed by atoms with Crippen molar-refractivity contribution in [3.8, 4) is 11.5 Å². The number of methoxy groups -OCH3 is 2. The van der Waals surface area contributed by atoms with Gasteiger partial charge in [-0.25, -0.2) is 4.79 Å². The summed E-state index contributed by atoms with van der Waals surface area (Å²) >= 11 is 0. The summed E-state index contributed by atoms with van der Waals surface area (Å²) in [5.41, 5.74) is 8.53. The molecule has 0 aliphatic heterocycles. The Kier molecular flexibility index (Phi) is 9.52. The van der Waals surface area contributed by atoms with Crippen LogP contribution in [0.4, 0.5) is 5.69 Å². The maximum Gasteiger partial charge on any atom is 0.341 e. The van der Waals surface area contributed by atoms with Crippen LogP contribution in [0.15, 0.2) is 97.1 Å². The largest absolute Gasteiger partial charge is 0.493 e. The van der Waals surface area contributed by atoms with Crippen molar-refractivity contribution in [2.75, 3.05) is 26.6 Å². The number of ether oxygens (including phenoxy) is 3. The van der Waals surface area contributed by atoms with Crippen molar-refractivity contribution in [1.82, 2.24) is 0 Å². The van der Waals surface area contributed by atoms with E-state index in [1.807, 2.05) is 42.5 Å². The van der Waals surface area contributed by atoms with Crippen LogP contribution in [0.3, 0.4) is 0 Å². The van der Waals surface area contributed by atoms with E-state index in [2.05, 4.69) is 69.3 Å². The van der Waals surface area contributed by atoms with Gasteiger partial charge in [0.1, 0.15) is 6.61 Å². The summed E-state index contributed by atoms with van der Waals surface area (Å²) in [6.45, 7) is 7.20. The van der Waals surface area contributed by atoms with Gasteiger partial charge >= 0.3 is 5.97 Å². The zero-order valence-corrected chi connectivity index (χ0v) is 25.5. The molecule has 0 bridgehead atoms. The molecule has 0 radical (unpaired) electrons. The first-order valence-electron chi connectivity index (χ1n) is 13.7. The molecule has 0 fully saturated rings. The van der Waals surface area contributed by atoms with Crippen molar-refractivity contribution < 1.29 is 23.4 Å². The van der Waals surface area contributed by atoms with E-state index in [9.17, 15) is 4.79 Å². The van der Waals surface area contributed by atoms with Gasteiger partial charge in [0, 0.05) is 6.61 Å². The Morgan fingerprint density at radius 1 is 0.805 bits per heavy atom. The fraction of sp³-hybridized carbons (Fsp3) is 0.265. The predicted molar refractivity (Wildman–Crippen MR) is 167 cm³/mol. The second-order valence-electron chi connectivity index (χ2n) is 10.9. The molecule has 0 atom stereocenters. The molecule has 2 N–H and O–H groups in total. The zero-order chi connectivity index (χ0) is 29.5. The Morgan fingerprint density at radius 2 is 1.34 bits per heavy atom. The topological polar surface area (TPSA) is 80.0 Å². The second kappa shape index (κ2) is 13.1. The standard InChI is InChI=1S/C34H39NO5Si/c1-34(2,3)41(27-17-11-7-12-18-27,28-19-13-8-14-20-28)40-22-21-26-23-29(37-4)32(38-5)31(35)30(26)33(36)39-24-25-15-9-6-10-16-25/h6-20,23H,21-22,24,35H2,1-5H3. The lowest BCUT2D eigenvalue weighted by Crippen LogP contribution is -2.66. The third kappa shape index (κ3) is 6.31. The van der Waals surface area contributed by atoms with Crippen LogP contribution in [0.1, 0.15) is 42.3 Å². The number of hydrogen-bond donors (Lipinski definition) is 1. The van der Waals surface area contributed by atoms with Crippen molar-refractivity contribution >= 4 is 30.3 Å². The molecule has 0 aromatic heterocycles. The molecule has 6 nitrogen and oxygen atoms in total. The molecular weight excluding hydrogens is 530 g/mol. The van der Waals surface area contributed by atoms with Gasteiger partial charge in [-0.2, -0.15) is 0 Å². The molecule has 0 unspecified atom stereocenters. The molecule has 214 valence electrons. The number of rotatable bonds is 11. The lowest BCUT2D eigenvalue weighted by molar-refractivity contribution is 0.0472. The van der Waals surface area contributed by atoms with E-state index in [4.69, 9.17) is 24.4 Å².